The Morgan fingerprint density at radius 2 is 1.78 bits per heavy atom. The Labute approximate surface area is 132 Å². The van der Waals surface area contributed by atoms with Crippen molar-refractivity contribution >= 4 is 28.3 Å². The van der Waals surface area contributed by atoms with Gasteiger partial charge in [0.25, 0.3) is 5.91 Å². The summed E-state index contributed by atoms with van der Waals surface area (Å²) < 4.78 is 5.18. The lowest BCUT2D eigenvalue weighted by atomic mass is 10.1. The molecule has 1 amide bonds. The molecule has 1 heterocycles. The Balaban J connectivity index is 2.06. The largest absolute Gasteiger partial charge is 0.481 e. The van der Waals surface area contributed by atoms with E-state index in [1.165, 1.54) is 11.2 Å². The molecule has 116 valence electrons. The first-order chi connectivity index (χ1) is 11.2. The standard InChI is InChI=1S/C18H15NO4/c20-17(21)10-11-19(18(22)16-9-4-12-23-16)15-8-3-6-13-5-1-2-7-14(13)15/h1-9,12H,10-11H2,(H,20,21). The summed E-state index contributed by atoms with van der Waals surface area (Å²) in [5.41, 5.74) is 0.672. The second-order valence-corrected chi connectivity index (χ2v) is 5.08. The Morgan fingerprint density at radius 3 is 2.52 bits per heavy atom. The zero-order valence-electron chi connectivity index (χ0n) is 12.3. The van der Waals surface area contributed by atoms with Gasteiger partial charge in [0.05, 0.1) is 18.4 Å². The number of rotatable bonds is 5. The number of carbonyl (C=O) groups excluding carboxylic acids is 1. The molecule has 5 heteroatoms. The van der Waals surface area contributed by atoms with Crippen LogP contribution in [-0.2, 0) is 4.79 Å². The van der Waals surface area contributed by atoms with Crippen LogP contribution in [0.5, 0.6) is 0 Å². The van der Waals surface area contributed by atoms with Crippen molar-refractivity contribution in [1.29, 1.82) is 0 Å². The van der Waals surface area contributed by atoms with Gasteiger partial charge in [-0.2, -0.15) is 0 Å². The lowest BCUT2D eigenvalue weighted by Gasteiger charge is -2.22. The molecule has 0 atom stereocenters. The van der Waals surface area contributed by atoms with Crippen molar-refractivity contribution in [1.82, 2.24) is 0 Å². The number of aliphatic carboxylic acids is 1. The molecule has 3 aromatic rings. The number of benzene rings is 2. The normalized spacial score (nSPS) is 10.6. The minimum Gasteiger partial charge on any atom is -0.481 e. The van der Waals surface area contributed by atoms with Crippen LogP contribution in [0, 0.1) is 0 Å². The van der Waals surface area contributed by atoms with Crippen LogP contribution in [0.2, 0.25) is 0 Å². The van der Waals surface area contributed by atoms with Gasteiger partial charge in [-0.15, -0.1) is 0 Å². The summed E-state index contributed by atoms with van der Waals surface area (Å²) in [6, 6.07) is 16.5. The molecule has 0 aliphatic rings. The SMILES string of the molecule is O=C(O)CCN(C(=O)c1ccco1)c1cccc2ccccc12. The highest BCUT2D eigenvalue weighted by molar-refractivity contribution is 6.09. The van der Waals surface area contributed by atoms with Gasteiger partial charge in [0.2, 0.25) is 0 Å². The molecule has 0 bridgehead atoms. The topological polar surface area (TPSA) is 70.8 Å². The fourth-order valence-corrected chi connectivity index (χ4v) is 2.52. The van der Waals surface area contributed by atoms with Crippen molar-refractivity contribution < 1.29 is 19.1 Å². The van der Waals surface area contributed by atoms with Gasteiger partial charge in [-0.1, -0.05) is 36.4 Å². The molecule has 0 saturated carbocycles. The Morgan fingerprint density at radius 1 is 1.00 bits per heavy atom. The van der Waals surface area contributed by atoms with E-state index in [4.69, 9.17) is 9.52 Å². The molecule has 1 N–H and O–H groups in total. The third kappa shape index (κ3) is 3.08. The number of fused-ring (bicyclic) bond motifs is 1. The zero-order valence-corrected chi connectivity index (χ0v) is 12.3. The summed E-state index contributed by atoms with van der Waals surface area (Å²) in [5, 5.41) is 10.8. The van der Waals surface area contributed by atoms with Crippen LogP contribution in [0.25, 0.3) is 10.8 Å². The quantitative estimate of drug-likeness (QED) is 0.782. The molecule has 0 spiro atoms. The molecule has 1 aromatic heterocycles. The Kier molecular flexibility index (Phi) is 4.10. The number of hydrogen-bond donors (Lipinski definition) is 1. The molecule has 0 unspecified atom stereocenters. The van der Waals surface area contributed by atoms with Gasteiger partial charge in [-0.05, 0) is 23.6 Å². The first-order valence-corrected chi connectivity index (χ1v) is 7.22. The first kappa shape index (κ1) is 14.8. The van der Waals surface area contributed by atoms with Crippen LogP contribution in [0.3, 0.4) is 0 Å². The van der Waals surface area contributed by atoms with Crippen LogP contribution in [0.15, 0.2) is 65.3 Å². The van der Waals surface area contributed by atoms with E-state index in [2.05, 4.69) is 0 Å². The predicted molar refractivity (Wildman–Crippen MR) is 86.6 cm³/mol. The maximum atomic E-state index is 12.7. The van der Waals surface area contributed by atoms with E-state index >= 15 is 0 Å². The van der Waals surface area contributed by atoms with Gasteiger partial charge in [0.1, 0.15) is 0 Å². The van der Waals surface area contributed by atoms with Crippen LogP contribution in [0.1, 0.15) is 17.0 Å². The monoisotopic (exact) mass is 309 g/mol. The number of carbonyl (C=O) groups is 2. The summed E-state index contributed by atoms with van der Waals surface area (Å²) in [4.78, 5) is 25.1. The summed E-state index contributed by atoms with van der Waals surface area (Å²) in [6.45, 7) is 0.0723. The van der Waals surface area contributed by atoms with Gasteiger partial charge < -0.3 is 14.4 Å². The number of anilines is 1. The van der Waals surface area contributed by atoms with Gasteiger partial charge >= 0.3 is 5.97 Å². The summed E-state index contributed by atoms with van der Waals surface area (Å²) in [6.07, 6.45) is 1.28. The van der Waals surface area contributed by atoms with Crippen molar-refractivity contribution in [3.63, 3.8) is 0 Å². The van der Waals surface area contributed by atoms with E-state index in [1.807, 2.05) is 42.5 Å². The third-order valence-corrected chi connectivity index (χ3v) is 3.58. The van der Waals surface area contributed by atoms with Crippen molar-refractivity contribution in [3.8, 4) is 0 Å². The highest BCUT2D eigenvalue weighted by atomic mass is 16.4. The van der Waals surface area contributed by atoms with E-state index in [1.54, 1.807) is 12.1 Å². The maximum absolute atomic E-state index is 12.7. The van der Waals surface area contributed by atoms with Crippen molar-refractivity contribution in [2.75, 3.05) is 11.4 Å². The average Bonchev–Trinajstić information content (AvgIpc) is 3.09. The third-order valence-electron chi connectivity index (χ3n) is 3.58. The minimum atomic E-state index is -0.956. The number of furan rings is 1. The molecular weight excluding hydrogens is 294 g/mol. The van der Waals surface area contributed by atoms with Gasteiger partial charge in [0.15, 0.2) is 5.76 Å². The summed E-state index contributed by atoms with van der Waals surface area (Å²) in [7, 11) is 0. The number of carboxylic acids is 1. The molecule has 0 aliphatic heterocycles. The average molecular weight is 309 g/mol. The summed E-state index contributed by atoms with van der Waals surface area (Å²) >= 11 is 0. The van der Waals surface area contributed by atoms with Crippen LogP contribution < -0.4 is 4.90 Å². The van der Waals surface area contributed by atoms with E-state index in [-0.39, 0.29) is 24.6 Å². The van der Waals surface area contributed by atoms with Crippen LogP contribution >= 0.6 is 0 Å². The molecular formula is C18H15NO4. The Bertz CT molecular complexity index is 834. The van der Waals surface area contributed by atoms with E-state index < -0.39 is 5.97 Å². The highest BCUT2D eigenvalue weighted by Gasteiger charge is 2.22. The lowest BCUT2D eigenvalue weighted by molar-refractivity contribution is -0.136. The first-order valence-electron chi connectivity index (χ1n) is 7.22. The number of nitrogens with zero attached hydrogens (tertiary/aromatic N) is 1. The smallest absolute Gasteiger partial charge is 0.305 e. The van der Waals surface area contributed by atoms with Crippen LogP contribution in [0.4, 0.5) is 5.69 Å². The molecule has 0 radical (unpaired) electrons. The zero-order chi connectivity index (χ0) is 16.2. The molecule has 3 rings (SSSR count). The van der Waals surface area contributed by atoms with E-state index in [9.17, 15) is 9.59 Å². The van der Waals surface area contributed by atoms with Gasteiger partial charge in [-0.3, -0.25) is 9.59 Å². The molecule has 0 fully saturated rings. The fourth-order valence-electron chi connectivity index (χ4n) is 2.52. The van der Waals surface area contributed by atoms with E-state index in [0.717, 1.165) is 10.8 Å². The van der Waals surface area contributed by atoms with Crippen LogP contribution in [-0.4, -0.2) is 23.5 Å². The maximum Gasteiger partial charge on any atom is 0.305 e. The molecule has 2 aromatic carbocycles. The molecule has 0 saturated heterocycles. The van der Waals surface area contributed by atoms with Gasteiger partial charge in [-0.25, -0.2) is 0 Å². The highest BCUT2D eigenvalue weighted by Crippen LogP contribution is 2.28. The van der Waals surface area contributed by atoms with Gasteiger partial charge in [0, 0.05) is 11.9 Å². The van der Waals surface area contributed by atoms with E-state index in [0.29, 0.717) is 5.69 Å². The molecule has 0 aliphatic carbocycles. The second-order valence-electron chi connectivity index (χ2n) is 5.08. The van der Waals surface area contributed by atoms with Crippen molar-refractivity contribution in [3.05, 3.63) is 66.6 Å². The number of carboxylic acid groups (broad SMARTS) is 1. The predicted octanol–water partition coefficient (Wildman–Crippen LogP) is 3.55. The second kappa shape index (κ2) is 6.36. The minimum absolute atomic E-state index is 0.0723. The molecule has 23 heavy (non-hydrogen) atoms. The molecule has 5 nitrogen and oxygen atoms in total. The fraction of sp³-hybridized carbons (Fsp3) is 0.111. The Hall–Kier alpha value is -3.08. The number of hydrogen-bond acceptors (Lipinski definition) is 3. The summed E-state index contributed by atoms with van der Waals surface area (Å²) in [5.74, 6) is -1.13. The van der Waals surface area contributed by atoms with Crippen molar-refractivity contribution in [2.45, 2.75) is 6.42 Å². The lowest BCUT2D eigenvalue weighted by Crippen LogP contribution is -2.33. The van der Waals surface area contributed by atoms with Crippen molar-refractivity contribution in [2.24, 2.45) is 0 Å². The number of amides is 1.